The highest BCUT2D eigenvalue weighted by molar-refractivity contribution is 5.89. The second-order valence-electron chi connectivity index (χ2n) is 5.97. The van der Waals surface area contributed by atoms with Crippen LogP contribution < -0.4 is 0 Å². The average Bonchev–Trinajstić information content (AvgIpc) is 3.13. The van der Waals surface area contributed by atoms with Gasteiger partial charge in [-0.05, 0) is 19.8 Å². The molecule has 0 spiro atoms. The van der Waals surface area contributed by atoms with Crippen LogP contribution in [0.4, 0.5) is 0 Å². The van der Waals surface area contributed by atoms with E-state index in [0.29, 0.717) is 50.3 Å². The lowest BCUT2D eigenvalue weighted by molar-refractivity contribution is -0.136. The molecule has 7 nitrogen and oxygen atoms in total. The van der Waals surface area contributed by atoms with E-state index >= 15 is 0 Å². The number of hydrogen-bond acceptors (Lipinski definition) is 5. The summed E-state index contributed by atoms with van der Waals surface area (Å²) in [6, 6.07) is 0.378. The number of aromatic nitrogens is 2. The van der Waals surface area contributed by atoms with Gasteiger partial charge in [-0.15, -0.1) is 10.2 Å². The van der Waals surface area contributed by atoms with E-state index < -0.39 is 0 Å². The monoisotopic (exact) mass is 306 g/mol. The zero-order valence-electron chi connectivity index (χ0n) is 13.1. The number of amides is 2. The van der Waals surface area contributed by atoms with Crippen LogP contribution in [0.1, 0.15) is 44.9 Å². The van der Waals surface area contributed by atoms with Crippen LogP contribution >= 0.6 is 0 Å². The van der Waals surface area contributed by atoms with Gasteiger partial charge < -0.3 is 14.2 Å². The minimum absolute atomic E-state index is 0.00949. The molecule has 3 rings (SSSR count). The third kappa shape index (κ3) is 2.98. The quantitative estimate of drug-likeness (QED) is 0.783. The molecular formula is C15H22N4O3. The number of likely N-dealkylation sites (tertiary alicyclic amines) is 1. The fourth-order valence-corrected chi connectivity index (χ4v) is 2.90. The molecule has 0 N–H and O–H groups in total. The van der Waals surface area contributed by atoms with Crippen molar-refractivity contribution in [3.63, 3.8) is 0 Å². The molecule has 2 fully saturated rings. The van der Waals surface area contributed by atoms with Crippen LogP contribution in [0.3, 0.4) is 0 Å². The number of rotatable bonds is 6. The Morgan fingerprint density at radius 3 is 2.64 bits per heavy atom. The average molecular weight is 306 g/mol. The predicted octanol–water partition coefficient (Wildman–Crippen LogP) is 0.991. The molecule has 0 bridgehead atoms. The van der Waals surface area contributed by atoms with Gasteiger partial charge in [0.05, 0.1) is 12.5 Å². The van der Waals surface area contributed by atoms with Gasteiger partial charge in [-0.3, -0.25) is 9.59 Å². The Kier molecular flexibility index (Phi) is 4.13. The van der Waals surface area contributed by atoms with Crippen LogP contribution in [0, 0.1) is 5.92 Å². The molecule has 0 aromatic carbocycles. The minimum atomic E-state index is -0.235. The Balaban J connectivity index is 1.62. The summed E-state index contributed by atoms with van der Waals surface area (Å²) in [7, 11) is 0. The fourth-order valence-electron chi connectivity index (χ4n) is 2.90. The number of carbonyl (C=O) groups is 2. The number of nitrogens with zero attached hydrogens (tertiary/aromatic N) is 4. The highest BCUT2D eigenvalue weighted by Gasteiger charge is 2.42. The van der Waals surface area contributed by atoms with E-state index in [4.69, 9.17) is 4.42 Å². The van der Waals surface area contributed by atoms with Gasteiger partial charge in [0, 0.05) is 32.0 Å². The number of aryl methyl sites for hydroxylation is 1. The summed E-state index contributed by atoms with van der Waals surface area (Å²) in [6.07, 6.45) is 3.16. The second-order valence-corrected chi connectivity index (χ2v) is 5.97. The molecule has 120 valence electrons. The van der Waals surface area contributed by atoms with Gasteiger partial charge in [-0.1, -0.05) is 6.92 Å². The lowest BCUT2D eigenvalue weighted by Crippen LogP contribution is -2.37. The van der Waals surface area contributed by atoms with Gasteiger partial charge >= 0.3 is 0 Å². The maximum atomic E-state index is 12.6. The molecule has 1 aromatic rings. The number of hydrogen-bond donors (Lipinski definition) is 0. The Hall–Kier alpha value is -1.92. The third-order valence-electron chi connectivity index (χ3n) is 4.33. The van der Waals surface area contributed by atoms with Gasteiger partial charge in [-0.25, -0.2) is 0 Å². The van der Waals surface area contributed by atoms with E-state index in [-0.39, 0.29) is 17.7 Å². The minimum Gasteiger partial charge on any atom is -0.423 e. The lowest BCUT2D eigenvalue weighted by Gasteiger charge is -2.22. The molecule has 1 saturated carbocycles. The Labute approximate surface area is 129 Å². The zero-order valence-corrected chi connectivity index (χ0v) is 13.1. The van der Waals surface area contributed by atoms with E-state index in [1.165, 1.54) is 0 Å². The van der Waals surface area contributed by atoms with Gasteiger partial charge in [0.25, 0.3) is 0 Å². The topological polar surface area (TPSA) is 79.5 Å². The summed E-state index contributed by atoms with van der Waals surface area (Å²) in [4.78, 5) is 28.2. The Bertz CT molecular complexity index is 567. The number of carbonyl (C=O) groups excluding carboxylic acids is 2. The summed E-state index contributed by atoms with van der Waals surface area (Å²) >= 11 is 0. The molecule has 1 aliphatic heterocycles. The summed E-state index contributed by atoms with van der Waals surface area (Å²) < 4.78 is 5.47. The third-order valence-corrected chi connectivity index (χ3v) is 4.33. The smallest absolute Gasteiger partial charge is 0.235 e. The summed E-state index contributed by atoms with van der Waals surface area (Å²) in [6.45, 7) is 5.30. The Morgan fingerprint density at radius 2 is 2.05 bits per heavy atom. The van der Waals surface area contributed by atoms with Crippen LogP contribution in [0.2, 0.25) is 0 Å². The SMILES string of the molecule is CCc1nnc(CN(CC)C(=O)[C@@H]2CC(=O)N(C3CC3)C2)o1. The van der Waals surface area contributed by atoms with Crippen molar-refractivity contribution in [1.29, 1.82) is 0 Å². The van der Waals surface area contributed by atoms with Crippen LogP contribution in [-0.4, -0.2) is 50.9 Å². The molecule has 22 heavy (non-hydrogen) atoms. The standard InChI is InChI=1S/C15H22N4O3/c1-3-12-16-17-13(22-12)9-18(4-2)15(21)10-7-14(20)19(8-10)11-5-6-11/h10-11H,3-9H2,1-2H3/t10-/m1/s1. The highest BCUT2D eigenvalue weighted by Crippen LogP contribution is 2.33. The molecule has 1 atom stereocenters. The fraction of sp³-hybridized carbons (Fsp3) is 0.733. The molecule has 2 amide bonds. The van der Waals surface area contributed by atoms with Gasteiger partial charge in [0.15, 0.2) is 0 Å². The maximum Gasteiger partial charge on any atom is 0.235 e. The van der Waals surface area contributed by atoms with Crippen molar-refractivity contribution in [2.45, 2.75) is 52.1 Å². The van der Waals surface area contributed by atoms with E-state index in [1.54, 1.807) is 4.90 Å². The van der Waals surface area contributed by atoms with Crippen molar-refractivity contribution in [2.75, 3.05) is 13.1 Å². The van der Waals surface area contributed by atoms with Crippen molar-refractivity contribution < 1.29 is 14.0 Å². The van der Waals surface area contributed by atoms with Gasteiger partial charge in [0.2, 0.25) is 23.6 Å². The maximum absolute atomic E-state index is 12.6. The first-order valence-corrected chi connectivity index (χ1v) is 8.01. The van der Waals surface area contributed by atoms with Crippen molar-refractivity contribution >= 4 is 11.8 Å². The van der Waals surface area contributed by atoms with E-state index in [2.05, 4.69) is 10.2 Å². The van der Waals surface area contributed by atoms with E-state index in [0.717, 1.165) is 12.8 Å². The van der Waals surface area contributed by atoms with Crippen LogP contribution in [0.15, 0.2) is 4.42 Å². The Morgan fingerprint density at radius 1 is 1.32 bits per heavy atom. The van der Waals surface area contributed by atoms with E-state index in [1.807, 2.05) is 18.7 Å². The first-order chi connectivity index (χ1) is 10.6. The normalized spacial score (nSPS) is 21.5. The van der Waals surface area contributed by atoms with Crippen LogP contribution in [0.5, 0.6) is 0 Å². The molecule has 2 heterocycles. The van der Waals surface area contributed by atoms with Crippen LogP contribution in [0.25, 0.3) is 0 Å². The molecule has 0 unspecified atom stereocenters. The lowest BCUT2D eigenvalue weighted by atomic mass is 10.1. The highest BCUT2D eigenvalue weighted by atomic mass is 16.4. The van der Waals surface area contributed by atoms with Gasteiger partial charge in [-0.2, -0.15) is 0 Å². The molecule has 7 heteroatoms. The molecular weight excluding hydrogens is 284 g/mol. The van der Waals surface area contributed by atoms with Gasteiger partial charge in [0.1, 0.15) is 0 Å². The summed E-state index contributed by atoms with van der Waals surface area (Å²) in [5.74, 6) is 0.921. The molecule has 1 saturated heterocycles. The molecule has 0 radical (unpaired) electrons. The summed E-state index contributed by atoms with van der Waals surface area (Å²) in [5.41, 5.74) is 0. The van der Waals surface area contributed by atoms with Crippen LogP contribution in [-0.2, 0) is 22.6 Å². The summed E-state index contributed by atoms with van der Waals surface area (Å²) in [5, 5.41) is 7.88. The van der Waals surface area contributed by atoms with Crippen molar-refractivity contribution in [3.8, 4) is 0 Å². The van der Waals surface area contributed by atoms with E-state index in [9.17, 15) is 9.59 Å². The molecule has 1 aromatic heterocycles. The zero-order chi connectivity index (χ0) is 15.7. The largest absolute Gasteiger partial charge is 0.423 e. The predicted molar refractivity (Wildman–Crippen MR) is 77.6 cm³/mol. The van der Waals surface area contributed by atoms with Crippen molar-refractivity contribution in [3.05, 3.63) is 11.8 Å². The van der Waals surface area contributed by atoms with Crippen molar-refractivity contribution in [2.24, 2.45) is 5.92 Å². The first-order valence-electron chi connectivity index (χ1n) is 8.01. The molecule has 2 aliphatic rings. The second kappa shape index (κ2) is 6.06. The van der Waals surface area contributed by atoms with Crippen molar-refractivity contribution in [1.82, 2.24) is 20.0 Å². The first kappa shape index (κ1) is 15.0. The molecule has 1 aliphatic carbocycles.